The Morgan fingerprint density at radius 3 is 2.79 bits per heavy atom. The van der Waals surface area contributed by atoms with Crippen molar-refractivity contribution in [3.8, 4) is 0 Å². The van der Waals surface area contributed by atoms with E-state index in [9.17, 15) is 9.18 Å². The highest BCUT2D eigenvalue weighted by Gasteiger charge is 2.13. The number of rotatable bonds is 2. The number of nitrogen functional groups attached to an aromatic ring is 1. The van der Waals surface area contributed by atoms with Gasteiger partial charge < -0.3 is 11.1 Å². The maximum Gasteiger partial charge on any atom is 0.255 e. The predicted molar refractivity (Wildman–Crippen MR) is 75.4 cm³/mol. The molecule has 0 unspecified atom stereocenters. The summed E-state index contributed by atoms with van der Waals surface area (Å²) in [6, 6.07) is 7.48. The molecule has 0 bridgehead atoms. The standard InChI is InChI=1S/C13H11BrFN3O/c1-7-5-8(6-11(16)17-7)13(19)18-12-9(14)3-2-4-10(12)15/h2-6H,1H3,(H2,16,17)(H,18,19). The van der Waals surface area contributed by atoms with Crippen LogP contribution in [0.4, 0.5) is 15.9 Å². The molecule has 0 saturated heterocycles. The van der Waals surface area contributed by atoms with Crippen LogP contribution in [0.3, 0.4) is 0 Å². The van der Waals surface area contributed by atoms with Crippen LogP contribution in [-0.2, 0) is 0 Å². The van der Waals surface area contributed by atoms with E-state index in [2.05, 4.69) is 26.2 Å². The second-order valence-electron chi connectivity index (χ2n) is 3.97. The summed E-state index contributed by atoms with van der Waals surface area (Å²) >= 11 is 3.19. The zero-order valence-electron chi connectivity index (χ0n) is 10.1. The van der Waals surface area contributed by atoms with Crippen LogP contribution in [0, 0.1) is 12.7 Å². The summed E-state index contributed by atoms with van der Waals surface area (Å²) in [4.78, 5) is 16.0. The lowest BCUT2D eigenvalue weighted by atomic mass is 10.2. The lowest BCUT2D eigenvalue weighted by Gasteiger charge is -2.09. The van der Waals surface area contributed by atoms with Crippen molar-refractivity contribution in [3.63, 3.8) is 0 Å². The van der Waals surface area contributed by atoms with Crippen LogP contribution in [0.2, 0.25) is 0 Å². The van der Waals surface area contributed by atoms with Crippen LogP contribution in [0.1, 0.15) is 16.1 Å². The summed E-state index contributed by atoms with van der Waals surface area (Å²) in [6.45, 7) is 1.73. The highest BCUT2D eigenvalue weighted by Crippen LogP contribution is 2.25. The van der Waals surface area contributed by atoms with Crippen molar-refractivity contribution in [1.82, 2.24) is 4.98 Å². The fourth-order valence-corrected chi connectivity index (χ4v) is 2.07. The Morgan fingerprint density at radius 1 is 1.42 bits per heavy atom. The van der Waals surface area contributed by atoms with E-state index in [4.69, 9.17) is 5.73 Å². The van der Waals surface area contributed by atoms with Gasteiger partial charge in [-0.25, -0.2) is 9.37 Å². The molecule has 0 aliphatic heterocycles. The van der Waals surface area contributed by atoms with Gasteiger partial charge in [0, 0.05) is 15.7 Å². The van der Waals surface area contributed by atoms with Crippen LogP contribution in [-0.4, -0.2) is 10.9 Å². The van der Waals surface area contributed by atoms with Crippen molar-refractivity contribution >= 4 is 33.3 Å². The van der Waals surface area contributed by atoms with E-state index in [1.807, 2.05) is 0 Å². The van der Waals surface area contributed by atoms with Gasteiger partial charge in [0.1, 0.15) is 11.6 Å². The molecule has 0 spiro atoms. The Bertz CT molecular complexity index is 605. The fraction of sp³-hybridized carbons (Fsp3) is 0.0769. The molecular formula is C13H11BrFN3O. The molecule has 6 heteroatoms. The van der Waals surface area contributed by atoms with Gasteiger partial charge in [0.25, 0.3) is 5.91 Å². The summed E-state index contributed by atoms with van der Waals surface area (Å²) in [6.07, 6.45) is 0. The molecule has 0 saturated carbocycles. The zero-order valence-corrected chi connectivity index (χ0v) is 11.7. The van der Waals surface area contributed by atoms with Gasteiger partial charge in [-0.15, -0.1) is 0 Å². The monoisotopic (exact) mass is 323 g/mol. The smallest absolute Gasteiger partial charge is 0.255 e. The number of benzene rings is 1. The molecule has 0 aliphatic carbocycles. The molecule has 1 amide bonds. The summed E-state index contributed by atoms with van der Waals surface area (Å²) in [5.74, 6) is -0.706. The highest BCUT2D eigenvalue weighted by atomic mass is 79.9. The summed E-state index contributed by atoms with van der Waals surface area (Å²) in [7, 11) is 0. The third-order valence-electron chi connectivity index (χ3n) is 2.44. The fourth-order valence-electron chi connectivity index (χ4n) is 1.63. The molecule has 2 rings (SSSR count). The zero-order chi connectivity index (χ0) is 14.0. The molecule has 4 nitrogen and oxygen atoms in total. The maximum absolute atomic E-state index is 13.6. The first-order valence-electron chi connectivity index (χ1n) is 5.47. The minimum atomic E-state index is -0.513. The number of hydrogen-bond acceptors (Lipinski definition) is 3. The van der Waals surface area contributed by atoms with Crippen LogP contribution in [0.15, 0.2) is 34.8 Å². The molecular weight excluding hydrogens is 313 g/mol. The third-order valence-corrected chi connectivity index (χ3v) is 3.10. The largest absolute Gasteiger partial charge is 0.384 e. The number of aromatic nitrogens is 1. The average molecular weight is 324 g/mol. The van der Waals surface area contributed by atoms with Gasteiger partial charge in [0.05, 0.1) is 5.69 Å². The molecule has 2 aromatic rings. The van der Waals surface area contributed by atoms with E-state index in [-0.39, 0.29) is 11.5 Å². The minimum absolute atomic E-state index is 0.0977. The lowest BCUT2D eigenvalue weighted by molar-refractivity contribution is 0.102. The van der Waals surface area contributed by atoms with Gasteiger partial charge >= 0.3 is 0 Å². The Hall–Kier alpha value is -1.95. The highest BCUT2D eigenvalue weighted by molar-refractivity contribution is 9.10. The van der Waals surface area contributed by atoms with E-state index < -0.39 is 11.7 Å². The van der Waals surface area contributed by atoms with E-state index in [1.54, 1.807) is 25.1 Å². The second-order valence-corrected chi connectivity index (χ2v) is 4.83. The number of amides is 1. The van der Waals surface area contributed by atoms with Crippen molar-refractivity contribution in [2.24, 2.45) is 0 Å². The molecule has 0 fully saturated rings. The number of aryl methyl sites for hydroxylation is 1. The molecule has 0 aliphatic rings. The number of carbonyl (C=O) groups is 1. The van der Waals surface area contributed by atoms with Gasteiger partial charge in [-0.2, -0.15) is 0 Å². The summed E-state index contributed by atoms with van der Waals surface area (Å²) < 4.78 is 14.1. The Balaban J connectivity index is 2.31. The van der Waals surface area contributed by atoms with Crippen molar-refractivity contribution in [2.75, 3.05) is 11.1 Å². The first kappa shape index (κ1) is 13.5. The van der Waals surface area contributed by atoms with Crippen LogP contribution in [0.5, 0.6) is 0 Å². The molecule has 98 valence electrons. The van der Waals surface area contributed by atoms with Gasteiger partial charge in [-0.05, 0) is 47.1 Å². The van der Waals surface area contributed by atoms with Crippen LogP contribution < -0.4 is 11.1 Å². The van der Waals surface area contributed by atoms with E-state index in [0.717, 1.165) is 0 Å². The van der Waals surface area contributed by atoms with Crippen LogP contribution >= 0.6 is 15.9 Å². The number of nitrogens with zero attached hydrogens (tertiary/aromatic N) is 1. The molecule has 1 heterocycles. The summed E-state index contributed by atoms with van der Waals surface area (Å²) in [5, 5.41) is 2.51. The SMILES string of the molecule is Cc1cc(C(=O)Nc2c(F)cccc2Br)cc(N)n1. The molecule has 1 aromatic heterocycles. The first-order chi connectivity index (χ1) is 8.97. The van der Waals surface area contributed by atoms with E-state index in [1.165, 1.54) is 12.1 Å². The minimum Gasteiger partial charge on any atom is -0.384 e. The summed E-state index contributed by atoms with van der Waals surface area (Å²) in [5.41, 5.74) is 6.63. The van der Waals surface area contributed by atoms with Gasteiger partial charge in [-0.3, -0.25) is 4.79 Å². The van der Waals surface area contributed by atoms with Crippen LogP contribution in [0.25, 0.3) is 0 Å². The van der Waals surface area contributed by atoms with Gasteiger partial charge in [0.15, 0.2) is 0 Å². The first-order valence-corrected chi connectivity index (χ1v) is 6.26. The van der Waals surface area contributed by atoms with Crippen molar-refractivity contribution in [3.05, 3.63) is 51.9 Å². The number of halogens is 2. The number of para-hydroxylation sites is 1. The van der Waals surface area contributed by atoms with E-state index in [0.29, 0.717) is 15.7 Å². The number of hydrogen-bond donors (Lipinski definition) is 2. The molecule has 0 atom stereocenters. The molecule has 3 N–H and O–H groups in total. The van der Waals surface area contributed by atoms with Gasteiger partial charge in [0.2, 0.25) is 0 Å². The number of anilines is 2. The third kappa shape index (κ3) is 3.08. The Kier molecular flexibility index (Phi) is 3.80. The quantitative estimate of drug-likeness (QED) is 0.892. The molecule has 0 radical (unpaired) electrons. The molecule has 19 heavy (non-hydrogen) atoms. The Labute approximate surface area is 118 Å². The number of pyridine rings is 1. The second kappa shape index (κ2) is 5.36. The normalized spacial score (nSPS) is 10.3. The molecule has 1 aromatic carbocycles. The van der Waals surface area contributed by atoms with Crippen molar-refractivity contribution in [1.29, 1.82) is 0 Å². The van der Waals surface area contributed by atoms with E-state index >= 15 is 0 Å². The topological polar surface area (TPSA) is 68.0 Å². The van der Waals surface area contributed by atoms with Crippen molar-refractivity contribution < 1.29 is 9.18 Å². The number of carbonyl (C=O) groups excluding carboxylic acids is 1. The Morgan fingerprint density at radius 2 is 2.16 bits per heavy atom. The number of nitrogens with two attached hydrogens (primary N) is 1. The predicted octanol–water partition coefficient (Wildman–Crippen LogP) is 3.13. The maximum atomic E-state index is 13.6. The van der Waals surface area contributed by atoms with Crippen molar-refractivity contribution in [2.45, 2.75) is 6.92 Å². The average Bonchev–Trinajstić information content (AvgIpc) is 2.32. The number of nitrogens with one attached hydrogen (secondary N) is 1. The van der Waals surface area contributed by atoms with Gasteiger partial charge in [-0.1, -0.05) is 6.07 Å². The lowest BCUT2D eigenvalue weighted by Crippen LogP contribution is -2.14.